The molecule has 0 heterocycles. The van der Waals surface area contributed by atoms with E-state index in [0.717, 1.165) is 22.8 Å². The van der Waals surface area contributed by atoms with Gasteiger partial charge >= 0.3 is 0 Å². The number of benzene rings is 3. The first kappa shape index (κ1) is 18.8. The van der Waals surface area contributed by atoms with E-state index in [1.165, 1.54) is 0 Å². The minimum absolute atomic E-state index is 0.145. The molecule has 1 N–H and O–H groups in total. The van der Waals surface area contributed by atoms with E-state index in [4.69, 9.17) is 9.47 Å². The zero-order valence-corrected chi connectivity index (χ0v) is 16.0. The highest BCUT2D eigenvalue weighted by Crippen LogP contribution is 2.27. The number of ether oxygens (including phenoxy) is 2. The van der Waals surface area contributed by atoms with Crippen LogP contribution in [0.25, 0.3) is 10.8 Å². The normalized spacial score (nSPS) is 11.8. The molecule has 0 radical (unpaired) electrons. The summed E-state index contributed by atoms with van der Waals surface area (Å²) in [5.74, 6) is 1.02. The van der Waals surface area contributed by atoms with E-state index in [9.17, 15) is 4.79 Å². The highest BCUT2D eigenvalue weighted by molar-refractivity contribution is 5.98. The summed E-state index contributed by atoms with van der Waals surface area (Å²) in [6.45, 7) is 4.59. The van der Waals surface area contributed by atoms with Gasteiger partial charge in [-0.05, 0) is 47.9 Å². The Hall–Kier alpha value is -3.01. The largest absolute Gasteiger partial charge is 0.497 e. The monoisotopic (exact) mass is 363 g/mol. The third-order valence-corrected chi connectivity index (χ3v) is 4.53. The molecular weight excluding hydrogens is 338 g/mol. The second-order valence-electron chi connectivity index (χ2n) is 6.47. The summed E-state index contributed by atoms with van der Waals surface area (Å²) < 4.78 is 11.0. The zero-order chi connectivity index (χ0) is 19.2. The molecule has 0 fully saturated rings. The van der Waals surface area contributed by atoms with Gasteiger partial charge in [0.15, 0.2) is 0 Å². The topological polar surface area (TPSA) is 47.6 Å². The van der Waals surface area contributed by atoms with Crippen LogP contribution in [0, 0.1) is 0 Å². The molecule has 0 aliphatic rings. The fraction of sp³-hybridized carbons (Fsp3) is 0.261. The van der Waals surface area contributed by atoms with Crippen LogP contribution in [0.1, 0.15) is 42.2 Å². The minimum atomic E-state index is -0.180. The van der Waals surface area contributed by atoms with Gasteiger partial charge in [-0.3, -0.25) is 4.79 Å². The molecule has 0 unspecified atom stereocenters. The summed E-state index contributed by atoms with van der Waals surface area (Å²) in [4.78, 5) is 13.0. The number of nitrogens with one attached hydrogen (secondary N) is 1. The highest BCUT2D eigenvalue weighted by atomic mass is 16.5. The van der Waals surface area contributed by atoms with E-state index < -0.39 is 0 Å². The van der Waals surface area contributed by atoms with Gasteiger partial charge in [0.2, 0.25) is 0 Å². The van der Waals surface area contributed by atoms with Crippen molar-refractivity contribution in [1.82, 2.24) is 5.32 Å². The molecule has 3 aromatic rings. The van der Waals surface area contributed by atoms with Crippen LogP contribution in [0.5, 0.6) is 11.5 Å². The Kier molecular flexibility index (Phi) is 5.97. The van der Waals surface area contributed by atoms with Crippen LogP contribution >= 0.6 is 0 Å². The summed E-state index contributed by atoms with van der Waals surface area (Å²) in [5, 5.41) is 5.39. The number of rotatable bonds is 7. The van der Waals surface area contributed by atoms with Crippen molar-refractivity contribution in [3.63, 3.8) is 0 Å². The molecule has 4 nitrogen and oxygen atoms in total. The molecule has 140 valence electrons. The van der Waals surface area contributed by atoms with Crippen LogP contribution in [0.3, 0.4) is 0 Å². The first-order valence-corrected chi connectivity index (χ1v) is 9.23. The lowest BCUT2D eigenvalue weighted by molar-refractivity contribution is 0.0935. The number of carbonyl (C=O) groups is 1. The van der Waals surface area contributed by atoms with Crippen molar-refractivity contribution in [2.75, 3.05) is 13.7 Å². The lowest BCUT2D eigenvalue weighted by atomic mass is 9.99. The maximum absolute atomic E-state index is 13.0. The SMILES string of the molecule is CCCOc1ccc(OC)cc1C(=O)N[C@H](C)c1cccc2ccccc12. The van der Waals surface area contributed by atoms with Crippen molar-refractivity contribution < 1.29 is 14.3 Å². The van der Waals surface area contributed by atoms with Gasteiger partial charge < -0.3 is 14.8 Å². The summed E-state index contributed by atoms with van der Waals surface area (Å²) >= 11 is 0. The third kappa shape index (κ3) is 4.22. The van der Waals surface area contributed by atoms with Gasteiger partial charge in [0, 0.05) is 0 Å². The van der Waals surface area contributed by atoms with Crippen molar-refractivity contribution >= 4 is 16.7 Å². The van der Waals surface area contributed by atoms with Gasteiger partial charge in [0.1, 0.15) is 11.5 Å². The summed E-state index contributed by atoms with van der Waals surface area (Å²) in [6.07, 6.45) is 0.874. The lowest BCUT2D eigenvalue weighted by Crippen LogP contribution is -2.27. The van der Waals surface area contributed by atoms with Gasteiger partial charge in [0.25, 0.3) is 5.91 Å². The number of fused-ring (bicyclic) bond motifs is 1. The average Bonchev–Trinajstić information content (AvgIpc) is 2.71. The number of amides is 1. The minimum Gasteiger partial charge on any atom is -0.497 e. The zero-order valence-electron chi connectivity index (χ0n) is 16.0. The molecule has 0 aliphatic carbocycles. The molecule has 1 atom stereocenters. The smallest absolute Gasteiger partial charge is 0.255 e. The van der Waals surface area contributed by atoms with Crippen molar-refractivity contribution in [2.45, 2.75) is 26.3 Å². The second kappa shape index (κ2) is 8.58. The Bertz CT molecular complexity index is 931. The summed E-state index contributed by atoms with van der Waals surface area (Å²) in [6, 6.07) is 19.5. The molecule has 0 aromatic heterocycles. The Labute approximate surface area is 160 Å². The fourth-order valence-corrected chi connectivity index (χ4v) is 3.13. The van der Waals surface area contributed by atoms with Crippen molar-refractivity contribution in [3.05, 3.63) is 71.8 Å². The standard InChI is InChI=1S/C23H25NO3/c1-4-14-27-22-13-12-18(26-3)15-21(22)23(25)24-16(2)19-11-7-9-17-8-5-6-10-20(17)19/h5-13,15-16H,4,14H2,1-3H3,(H,24,25)/t16-/m1/s1. The molecule has 0 aliphatic heterocycles. The molecular formula is C23H25NO3. The third-order valence-electron chi connectivity index (χ3n) is 4.53. The first-order chi connectivity index (χ1) is 13.1. The number of methoxy groups -OCH3 is 1. The van der Waals surface area contributed by atoms with Crippen LogP contribution in [0.2, 0.25) is 0 Å². The van der Waals surface area contributed by atoms with Crippen LogP contribution in [0.4, 0.5) is 0 Å². The van der Waals surface area contributed by atoms with Crippen LogP contribution in [0.15, 0.2) is 60.7 Å². The second-order valence-corrected chi connectivity index (χ2v) is 6.47. The molecule has 3 rings (SSSR count). The highest BCUT2D eigenvalue weighted by Gasteiger charge is 2.18. The molecule has 27 heavy (non-hydrogen) atoms. The summed E-state index contributed by atoms with van der Waals surface area (Å²) in [7, 11) is 1.59. The molecule has 0 spiro atoms. The summed E-state index contributed by atoms with van der Waals surface area (Å²) in [5.41, 5.74) is 1.57. The lowest BCUT2D eigenvalue weighted by Gasteiger charge is -2.18. The van der Waals surface area contributed by atoms with Gasteiger partial charge in [-0.25, -0.2) is 0 Å². The van der Waals surface area contributed by atoms with Crippen LogP contribution in [-0.4, -0.2) is 19.6 Å². The van der Waals surface area contributed by atoms with Crippen molar-refractivity contribution in [3.8, 4) is 11.5 Å². The van der Waals surface area contributed by atoms with E-state index in [-0.39, 0.29) is 11.9 Å². The maximum atomic E-state index is 13.0. The van der Waals surface area contributed by atoms with Gasteiger partial charge in [-0.15, -0.1) is 0 Å². The van der Waals surface area contributed by atoms with E-state index in [0.29, 0.717) is 23.7 Å². The van der Waals surface area contributed by atoms with E-state index in [1.807, 2.05) is 38.1 Å². The van der Waals surface area contributed by atoms with Gasteiger partial charge in [-0.1, -0.05) is 49.4 Å². The average molecular weight is 363 g/mol. The Morgan fingerprint density at radius 1 is 1.07 bits per heavy atom. The van der Waals surface area contributed by atoms with E-state index in [1.54, 1.807) is 25.3 Å². The van der Waals surface area contributed by atoms with Gasteiger partial charge in [-0.2, -0.15) is 0 Å². The molecule has 0 saturated heterocycles. The maximum Gasteiger partial charge on any atom is 0.255 e. The molecule has 1 amide bonds. The van der Waals surface area contributed by atoms with Crippen molar-refractivity contribution in [2.24, 2.45) is 0 Å². The quantitative estimate of drug-likeness (QED) is 0.633. The molecule has 0 saturated carbocycles. The van der Waals surface area contributed by atoms with E-state index >= 15 is 0 Å². The van der Waals surface area contributed by atoms with E-state index in [2.05, 4.69) is 23.5 Å². The van der Waals surface area contributed by atoms with Crippen LogP contribution in [-0.2, 0) is 0 Å². The van der Waals surface area contributed by atoms with Crippen molar-refractivity contribution in [1.29, 1.82) is 0 Å². The number of carbonyl (C=O) groups excluding carboxylic acids is 1. The molecule has 4 heteroatoms. The Balaban J connectivity index is 1.88. The Morgan fingerprint density at radius 2 is 1.85 bits per heavy atom. The van der Waals surface area contributed by atoms with Crippen LogP contribution < -0.4 is 14.8 Å². The first-order valence-electron chi connectivity index (χ1n) is 9.23. The molecule has 3 aromatic carbocycles. The predicted octanol–water partition coefficient (Wildman–Crippen LogP) is 5.13. The fourth-order valence-electron chi connectivity index (χ4n) is 3.13. The number of hydrogen-bond donors (Lipinski definition) is 1. The Morgan fingerprint density at radius 3 is 2.63 bits per heavy atom. The number of hydrogen-bond acceptors (Lipinski definition) is 3. The van der Waals surface area contributed by atoms with Gasteiger partial charge in [0.05, 0.1) is 25.3 Å². The molecule has 0 bridgehead atoms. The predicted molar refractivity (Wildman–Crippen MR) is 109 cm³/mol.